The summed E-state index contributed by atoms with van der Waals surface area (Å²) in [6, 6.07) is 40.8. The standard InChI is InChI=1S/C54H64N2O4/c1-10-31-56-47-21-17-16-20-44(47)49(50(56)41-18-14-13-15-19-41)48(39-24-22-38(23-25-39)37(11-2)30-33-57)40-26-28-43(29-27-40)55(12-3)32-34-60-52(59)42-35-45(53(4,5)6)51(58)46(36-42)54(7,8)9/h13-29,35-36,57-58H,10-12,30-34H2,1-9H3. The lowest BCUT2D eigenvalue weighted by molar-refractivity contribution is 0.0515. The van der Waals surface area contributed by atoms with E-state index in [0.29, 0.717) is 18.5 Å². The predicted octanol–water partition coefficient (Wildman–Crippen LogP) is 10.9. The third kappa shape index (κ3) is 9.40. The van der Waals surface area contributed by atoms with Crippen LogP contribution >= 0.6 is 0 Å². The van der Waals surface area contributed by atoms with Crippen LogP contribution in [0, 0.1) is 0 Å². The zero-order valence-electron chi connectivity index (χ0n) is 37.2. The van der Waals surface area contributed by atoms with Gasteiger partial charge in [0.15, 0.2) is 0 Å². The van der Waals surface area contributed by atoms with Crippen LogP contribution < -0.4 is 15.3 Å². The first kappa shape index (κ1) is 44.0. The van der Waals surface area contributed by atoms with Gasteiger partial charge in [0.2, 0.25) is 0 Å². The minimum absolute atomic E-state index is 0.137. The Kier molecular flexibility index (Phi) is 13.8. The number of phenols is 1. The number of hydrogen-bond acceptors (Lipinski definition) is 5. The minimum atomic E-state index is -0.390. The third-order valence-corrected chi connectivity index (χ3v) is 11.6. The van der Waals surface area contributed by atoms with Crippen molar-refractivity contribution >= 4 is 33.7 Å². The Morgan fingerprint density at radius 3 is 1.90 bits per heavy atom. The van der Waals surface area contributed by atoms with Crippen LogP contribution in [-0.2, 0) is 22.1 Å². The Hall–Kier alpha value is -5.59. The highest BCUT2D eigenvalue weighted by Crippen LogP contribution is 2.41. The Balaban J connectivity index is 1.40. The van der Waals surface area contributed by atoms with Crippen LogP contribution in [0.4, 0.5) is 5.69 Å². The van der Waals surface area contributed by atoms with Crippen molar-refractivity contribution in [2.75, 3.05) is 31.2 Å². The molecule has 0 saturated heterocycles. The fourth-order valence-electron chi connectivity index (χ4n) is 8.43. The number of hydrogen-bond donors (Lipinski definition) is 2. The SMILES string of the molecule is CCCn1c(-c2ccccc2)c(C(c2ccc(N(CC)CCOC(=O)c3cc(C(C)(C)C)c(O)c(C(C)(C)C)c3)cc2)=c2ccc(=C(CC)CCO)cc2)c2ccccc21. The lowest BCUT2D eigenvalue weighted by Crippen LogP contribution is -2.28. The van der Waals surface area contributed by atoms with Crippen LogP contribution in [0.1, 0.15) is 114 Å². The van der Waals surface area contributed by atoms with Crippen LogP contribution in [0.25, 0.3) is 33.3 Å². The molecule has 0 aliphatic heterocycles. The van der Waals surface area contributed by atoms with Crippen molar-refractivity contribution < 1.29 is 19.7 Å². The Morgan fingerprint density at radius 1 is 0.733 bits per heavy atom. The van der Waals surface area contributed by atoms with Gasteiger partial charge in [-0.2, -0.15) is 0 Å². The molecule has 0 aliphatic carbocycles. The minimum Gasteiger partial charge on any atom is -0.507 e. The van der Waals surface area contributed by atoms with Crippen molar-refractivity contribution in [1.82, 2.24) is 4.57 Å². The monoisotopic (exact) mass is 804 g/mol. The summed E-state index contributed by atoms with van der Waals surface area (Å²) in [5.74, 6) is -0.145. The van der Waals surface area contributed by atoms with Gasteiger partial charge < -0.3 is 24.4 Å². The average Bonchev–Trinajstić information content (AvgIpc) is 3.55. The number of aromatic nitrogens is 1. The number of carbonyl (C=O) groups excluding carboxylic acids is 1. The van der Waals surface area contributed by atoms with Crippen LogP contribution in [0.3, 0.4) is 0 Å². The van der Waals surface area contributed by atoms with Gasteiger partial charge in [0, 0.05) is 53.0 Å². The van der Waals surface area contributed by atoms with Crippen molar-refractivity contribution in [3.8, 4) is 17.0 Å². The van der Waals surface area contributed by atoms with E-state index in [1.807, 2.05) is 41.5 Å². The normalized spacial score (nSPS) is 11.8. The molecule has 1 aromatic heterocycles. The molecular formula is C54H64N2O4. The van der Waals surface area contributed by atoms with Gasteiger partial charge >= 0.3 is 5.97 Å². The zero-order valence-corrected chi connectivity index (χ0v) is 37.2. The van der Waals surface area contributed by atoms with Crippen molar-refractivity contribution in [2.24, 2.45) is 0 Å². The van der Waals surface area contributed by atoms with E-state index in [9.17, 15) is 15.0 Å². The van der Waals surface area contributed by atoms with Gasteiger partial charge in [-0.15, -0.1) is 0 Å². The first-order chi connectivity index (χ1) is 28.7. The molecule has 0 bridgehead atoms. The van der Waals surface area contributed by atoms with E-state index in [0.717, 1.165) is 64.3 Å². The number of fused-ring (bicyclic) bond motifs is 1. The number of carbonyl (C=O) groups is 1. The molecule has 0 aliphatic rings. The first-order valence-corrected chi connectivity index (χ1v) is 21.7. The van der Waals surface area contributed by atoms with Gasteiger partial charge in [-0.1, -0.05) is 146 Å². The molecule has 0 unspecified atom stereocenters. The van der Waals surface area contributed by atoms with Crippen molar-refractivity contribution in [3.63, 3.8) is 0 Å². The van der Waals surface area contributed by atoms with Crippen molar-refractivity contribution in [1.29, 1.82) is 0 Å². The molecule has 0 atom stereocenters. The number of rotatable bonds is 14. The number of aliphatic hydroxyl groups is 1. The number of likely N-dealkylation sites (N-methyl/N-ethyl adjacent to an activating group) is 1. The van der Waals surface area contributed by atoms with E-state index in [-0.39, 0.29) is 35.8 Å². The zero-order chi connectivity index (χ0) is 43.2. The van der Waals surface area contributed by atoms with Gasteiger partial charge in [-0.25, -0.2) is 4.79 Å². The molecule has 6 nitrogen and oxygen atoms in total. The van der Waals surface area contributed by atoms with E-state index >= 15 is 0 Å². The fourth-order valence-corrected chi connectivity index (χ4v) is 8.43. The smallest absolute Gasteiger partial charge is 0.338 e. The van der Waals surface area contributed by atoms with Crippen LogP contribution in [0.5, 0.6) is 5.75 Å². The second kappa shape index (κ2) is 18.8. The van der Waals surface area contributed by atoms with Gasteiger partial charge in [0.25, 0.3) is 0 Å². The number of phenolic OH excluding ortho intramolecular Hbond substituents is 1. The molecule has 0 spiro atoms. The van der Waals surface area contributed by atoms with Crippen LogP contribution in [0.2, 0.25) is 0 Å². The molecule has 0 fully saturated rings. The summed E-state index contributed by atoms with van der Waals surface area (Å²) in [6.45, 7) is 21.3. The third-order valence-electron chi connectivity index (χ3n) is 11.6. The molecule has 2 N–H and O–H groups in total. The van der Waals surface area contributed by atoms with Gasteiger partial charge in [-0.3, -0.25) is 0 Å². The second-order valence-electron chi connectivity index (χ2n) is 17.8. The molecule has 0 amide bonds. The maximum Gasteiger partial charge on any atom is 0.338 e. The number of benzene rings is 5. The highest BCUT2D eigenvalue weighted by atomic mass is 16.5. The number of nitrogens with zero attached hydrogens (tertiary/aromatic N) is 2. The molecular weight excluding hydrogens is 741 g/mol. The summed E-state index contributed by atoms with van der Waals surface area (Å²) in [6.07, 6.45) is 2.56. The van der Waals surface area contributed by atoms with Gasteiger partial charge in [0.1, 0.15) is 12.4 Å². The van der Waals surface area contributed by atoms with Crippen molar-refractivity contribution in [3.05, 3.63) is 154 Å². The second-order valence-corrected chi connectivity index (χ2v) is 17.8. The number of aromatic hydroxyl groups is 1. The van der Waals surface area contributed by atoms with E-state index < -0.39 is 0 Å². The maximum absolute atomic E-state index is 13.5. The Labute approximate surface area is 357 Å². The fraction of sp³-hybridized carbons (Fsp3) is 0.352. The Morgan fingerprint density at radius 2 is 1.33 bits per heavy atom. The van der Waals surface area contributed by atoms with E-state index in [4.69, 9.17) is 4.74 Å². The predicted molar refractivity (Wildman–Crippen MR) is 250 cm³/mol. The van der Waals surface area contributed by atoms with Crippen LogP contribution in [0.15, 0.2) is 115 Å². The molecule has 0 radical (unpaired) electrons. The molecule has 6 aromatic rings. The number of para-hydroxylation sites is 1. The molecule has 6 rings (SSSR count). The van der Waals surface area contributed by atoms with Crippen molar-refractivity contribution in [2.45, 2.75) is 99.0 Å². The molecule has 314 valence electrons. The molecule has 5 aromatic carbocycles. The van der Waals surface area contributed by atoms with E-state index in [1.54, 1.807) is 12.1 Å². The summed E-state index contributed by atoms with van der Waals surface area (Å²) in [4.78, 5) is 15.8. The first-order valence-electron chi connectivity index (χ1n) is 21.7. The summed E-state index contributed by atoms with van der Waals surface area (Å²) in [7, 11) is 0. The number of ether oxygens (including phenoxy) is 1. The van der Waals surface area contributed by atoms with Crippen LogP contribution in [-0.4, -0.2) is 47.1 Å². The summed E-state index contributed by atoms with van der Waals surface area (Å²) < 4.78 is 8.40. The maximum atomic E-state index is 13.5. The molecule has 0 saturated carbocycles. The average molecular weight is 805 g/mol. The highest BCUT2D eigenvalue weighted by Gasteiger charge is 2.28. The number of esters is 1. The summed E-state index contributed by atoms with van der Waals surface area (Å²) in [5.41, 5.74) is 10.6. The highest BCUT2D eigenvalue weighted by molar-refractivity contribution is 6.04. The topological polar surface area (TPSA) is 74.9 Å². The molecule has 6 heteroatoms. The summed E-state index contributed by atoms with van der Waals surface area (Å²) in [5, 5.41) is 24.4. The van der Waals surface area contributed by atoms with E-state index in [1.165, 1.54) is 33.3 Å². The lowest BCUT2D eigenvalue weighted by Gasteiger charge is -2.28. The number of aliphatic hydroxyl groups excluding tert-OH is 1. The number of aryl methyl sites for hydroxylation is 1. The van der Waals surface area contributed by atoms with Gasteiger partial charge in [-0.05, 0) is 94.5 Å². The Bertz CT molecular complexity index is 2490. The van der Waals surface area contributed by atoms with E-state index in [2.05, 4.69) is 133 Å². The lowest BCUT2D eigenvalue weighted by atomic mass is 9.78. The molecule has 60 heavy (non-hydrogen) atoms. The largest absolute Gasteiger partial charge is 0.507 e. The summed E-state index contributed by atoms with van der Waals surface area (Å²) >= 11 is 0. The molecule has 1 heterocycles. The number of anilines is 1. The quantitative estimate of drug-likeness (QED) is 0.107. The van der Waals surface area contributed by atoms with Gasteiger partial charge in [0.05, 0.1) is 17.8 Å².